The lowest BCUT2D eigenvalue weighted by Gasteiger charge is -2.39. The van der Waals surface area contributed by atoms with Crippen molar-refractivity contribution < 1.29 is 24.2 Å². The number of carbonyl (C=O) groups is 2. The molecule has 10 heteroatoms. The monoisotopic (exact) mass is 535 g/mol. The van der Waals surface area contributed by atoms with Crippen LogP contribution in [0.1, 0.15) is 50.8 Å². The van der Waals surface area contributed by atoms with Gasteiger partial charge in [-0.3, -0.25) is 9.59 Å². The Hall–Kier alpha value is -3.50. The third-order valence-electron chi connectivity index (χ3n) is 8.59. The molecule has 2 aliphatic rings. The van der Waals surface area contributed by atoms with Gasteiger partial charge in [-0.05, 0) is 46.5 Å². The van der Waals surface area contributed by atoms with E-state index in [-0.39, 0.29) is 34.9 Å². The van der Waals surface area contributed by atoms with E-state index in [1.54, 1.807) is 35.8 Å². The Morgan fingerprint density at radius 3 is 2.58 bits per heavy atom. The molecule has 0 spiro atoms. The number of pyridine rings is 2. The number of ether oxygens (including phenoxy) is 2. The molecule has 0 aliphatic carbocycles. The van der Waals surface area contributed by atoms with Crippen LogP contribution in [0.5, 0.6) is 5.75 Å². The SMILES string of the molecule is CC[C@@]1(OC(=O)CN)C(=O)OCc2c1cc1n(c2=O)Cc2c-1nc1ccc(O)cc1c2[Si](C)(C)C(C)(C)C. The van der Waals surface area contributed by atoms with Crippen molar-refractivity contribution in [1.82, 2.24) is 9.55 Å². The number of nitrogens with zero attached hydrogens (tertiary/aromatic N) is 2. The quantitative estimate of drug-likeness (QED) is 0.301. The number of benzene rings is 1. The molecule has 9 nitrogen and oxygen atoms in total. The topological polar surface area (TPSA) is 134 Å². The van der Waals surface area contributed by atoms with E-state index < -0.39 is 32.2 Å². The fourth-order valence-electron chi connectivity index (χ4n) is 5.55. The van der Waals surface area contributed by atoms with Crippen molar-refractivity contribution in [2.75, 3.05) is 6.54 Å². The minimum atomic E-state index is -2.21. The molecule has 5 rings (SSSR count). The van der Waals surface area contributed by atoms with E-state index in [0.717, 1.165) is 21.7 Å². The first-order chi connectivity index (χ1) is 17.8. The minimum absolute atomic E-state index is 0.0342. The van der Waals surface area contributed by atoms with E-state index in [4.69, 9.17) is 20.2 Å². The summed E-state index contributed by atoms with van der Waals surface area (Å²) in [5.41, 5.74) is 6.92. The molecule has 0 radical (unpaired) electrons. The lowest BCUT2D eigenvalue weighted by Crippen LogP contribution is -2.51. The summed E-state index contributed by atoms with van der Waals surface area (Å²) >= 11 is 0. The van der Waals surface area contributed by atoms with Gasteiger partial charge in [-0.15, -0.1) is 0 Å². The van der Waals surface area contributed by atoms with E-state index in [1.807, 2.05) is 0 Å². The van der Waals surface area contributed by atoms with Gasteiger partial charge in [0.1, 0.15) is 12.4 Å². The number of aromatic nitrogens is 2. The smallest absolute Gasteiger partial charge is 0.355 e. The second-order valence-electron chi connectivity index (χ2n) is 11.6. The molecule has 2 aliphatic heterocycles. The Labute approximate surface area is 221 Å². The van der Waals surface area contributed by atoms with Crippen molar-refractivity contribution >= 4 is 36.1 Å². The zero-order valence-corrected chi connectivity index (χ0v) is 23.6. The zero-order valence-electron chi connectivity index (χ0n) is 22.6. The van der Waals surface area contributed by atoms with Crippen LogP contribution >= 0.6 is 0 Å². The summed E-state index contributed by atoms with van der Waals surface area (Å²) in [4.78, 5) is 44.2. The number of fused-ring (bicyclic) bond motifs is 5. The van der Waals surface area contributed by atoms with Gasteiger partial charge in [0.2, 0.25) is 5.60 Å². The number of phenols is 1. The number of hydrogen-bond acceptors (Lipinski definition) is 8. The number of phenolic OH excluding ortho intramolecular Hbond substituents is 1. The largest absolute Gasteiger partial charge is 0.508 e. The van der Waals surface area contributed by atoms with Crippen molar-refractivity contribution in [2.45, 2.75) is 71.0 Å². The molecule has 3 N–H and O–H groups in total. The first-order valence-corrected chi connectivity index (χ1v) is 15.8. The van der Waals surface area contributed by atoms with Crippen LogP contribution < -0.4 is 16.5 Å². The van der Waals surface area contributed by atoms with Crippen LogP contribution in [0.2, 0.25) is 18.1 Å². The second-order valence-corrected chi connectivity index (χ2v) is 16.9. The molecule has 38 heavy (non-hydrogen) atoms. The predicted octanol–water partition coefficient (Wildman–Crippen LogP) is 3.01. The summed E-state index contributed by atoms with van der Waals surface area (Å²) in [7, 11) is -2.21. The third-order valence-corrected chi connectivity index (χ3v) is 14.2. The average Bonchev–Trinajstić information content (AvgIpc) is 3.21. The van der Waals surface area contributed by atoms with Gasteiger partial charge in [0.05, 0.1) is 43.6 Å². The van der Waals surface area contributed by atoms with Gasteiger partial charge in [0.15, 0.2) is 0 Å². The molecular formula is C28H33N3O6Si. The van der Waals surface area contributed by atoms with Crippen LogP contribution in [0.3, 0.4) is 0 Å². The van der Waals surface area contributed by atoms with Gasteiger partial charge in [0.25, 0.3) is 5.56 Å². The Bertz CT molecular complexity index is 1590. The Morgan fingerprint density at radius 1 is 1.24 bits per heavy atom. The molecule has 0 unspecified atom stereocenters. The summed E-state index contributed by atoms with van der Waals surface area (Å²) in [6.07, 6.45) is 0.0833. The molecular weight excluding hydrogens is 502 g/mol. The Morgan fingerprint density at radius 2 is 1.95 bits per heavy atom. The molecule has 1 aromatic carbocycles. The zero-order chi connectivity index (χ0) is 27.8. The van der Waals surface area contributed by atoms with Crippen LogP contribution in [-0.2, 0) is 37.8 Å². The van der Waals surface area contributed by atoms with Gasteiger partial charge >= 0.3 is 11.9 Å². The number of cyclic esters (lactones) is 1. The second kappa shape index (κ2) is 8.50. The Kier molecular flexibility index (Phi) is 5.84. The number of aromatic hydroxyl groups is 1. The van der Waals surface area contributed by atoms with E-state index >= 15 is 0 Å². The van der Waals surface area contributed by atoms with Crippen LogP contribution in [0.4, 0.5) is 0 Å². The van der Waals surface area contributed by atoms with E-state index in [2.05, 4.69) is 33.9 Å². The van der Waals surface area contributed by atoms with Crippen molar-refractivity contribution in [3.8, 4) is 17.1 Å². The molecule has 0 bridgehead atoms. The molecule has 0 saturated carbocycles. The fraction of sp³-hybridized carbons (Fsp3) is 0.429. The van der Waals surface area contributed by atoms with Gasteiger partial charge in [-0.2, -0.15) is 0 Å². The highest BCUT2D eigenvalue weighted by atomic mass is 28.3. The highest BCUT2D eigenvalue weighted by molar-refractivity contribution is 6.94. The van der Waals surface area contributed by atoms with E-state index in [1.165, 1.54) is 0 Å². The molecule has 0 saturated heterocycles. The van der Waals surface area contributed by atoms with Crippen LogP contribution in [0, 0.1) is 0 Å². The molecule has 0 fully saturated rings. The predicted molar refractivity (Wildman–Crippen MR) is 146 cm³/mol. The van der Waals surface area contributed by atoms with Gasteiger partial charge in [0, 0.05) is 10.9 Å². The van der Waals surface area contributed by atoms with Gasteiger partial charge < -0.3 is 24.9 Å². The van der Waals surface area contributed by atoms with E-state index in [9.17, 15) is 19.5 Å². The summed E-state index contributed by atoms with van der Waals surface area (Å²) in [5.74, 6) is -1.32. The maximum absolute atomic E-state index is 13.9. The molecule has 3 aromatic rings. The van der Waals surface area contributed by atoms with Crippen LogP contribution in [0.15, 0.2) is 29.1 Å². The first kappa shape index (κ1) is 26.1. The van der Waals surface area contributed by atoms with Crippen molar-refractivity contribution in [1.29, 1.82) is 0 Å². The summed E-state index contributed by atoms with van der Waals surface area (Å²) in [6, 6.07) is 6.91. The maximum Gasteiger partial charge on any atom is 0.355 e. The van der Waals surface area contributed by atoms with Gasteiger partial charge in [-0.25, -0.2) is 9.78 Å². The van der Waals surface area contributed by atoms with Crippen molar-refractivity contribution in [3.05, 3.63) is 51.3 Å². The van der Waals surface area contributed by atoms with Crippen LogP contribution in [-0.4, -0.2) is 41.2 Å². The summed E-state index contributed by atoms with van der Waals surface area (Å²) in [6.45, 7) is 12.7. The normalized spacial score (nSPS) is 18.6. The maximum atomic E-state index is 13.9. The number of carbonyl (C=O) groups excluding carboxylic acids is 2. The standard InChI is InChI=1S/C28H33N3O6Si/c1-7-28(37-22(33)12-29)19-11-21-23-17(13-31(21)25(34)18(19)14-36-26(28)35)24(38(5,6)27(2,3)4)16-10-15(32)8-9-20(16)30-23/h8-11,32H,7,12-14,29H2,1-6H3/t28-/m0/s1. The fourth-order valence-corrected chi connectivity index (χ4v) is 8.13. The molecule has 0 amide bonds. The lowest BCUT2D eigenvalue weighted by atomic mass is 9.85. The number of nitrogens with two attached hydrogens (primary N) is 1. The van der Waals surface area contributed by atoms with Crippen LogP contribution in [0.25, 0.3) is 22.3 Å². The molecule has 200 valence electrons. The Balaban J connectivity index is 1.85. The average molecular weight is 536 g/mol. The van der Waals surface area contributed by atoms with E-state index in [0.29, 0.717) is 23.5 Å². The van der Waals surface area contributed by atoms with Gasteiger partial charge in [-0.1, -0.05) is 40.8 Å². The molecule has 2 aromatic heterocycles. The lowest BCUT2D eigenvalue weighted by molar-refractivity contribution is -0.188. The molecule has 1 atom stereocenters. The summed E-state index contributed by atoms with van der Waals surface area (Å²) < 4.78 is 12.6. The minimum Gasteiger partial charge on any atom is -0.508 e. The number of hydrogen-bond donors (Lipinski definition) is 2. The summed E-state index contributed by atoms with van der Waals surface area (Å²) in [5, 5.41) is 12.4. The highest BCUT2D eigenvalue weighted by Crippen LogP contribution is 2.43. The number of esters is 2. The third kappa shape index (κ3) is 3.54. The van der Waals surface area contributed by atoms with Crippen molar-refractivity contribution in [3.63, 3.8) is 0 Å². The van der Waals surface area contributed by atoms with Crippen molar-refractivity contribution in [2.24, 2.45) is 5.73 Å². The number of rotatable bonds is 4. The molecule has 4 heterocycles. The first-order valence-electron chi connectivity index (χ1n) is 12.8. The highest BCUT2D eigenvalue weighted by Gasteiger charge is 2.51.